The van der Waals surface area contributed by atoms with Crippen LogP contribution in [0.25, 0.3) is 0 Å². The molecule has 132 valence electrons. The maximum Gasteiger partial charge on any atom is 0.122 e. The number of fused-ring (bicyclic) bond motifs is 1. The average molecular weight is 336 g/mol. The zero-order valence-corrected chi connectivity index (χ0v) is 15.0. The normalized spacial score (nSPS) is 17.5. The summed E-state index contributed by atoms with van der Waals surface area (Å²) in [5.74, 6) is 1.13. The van der Waals surface area contributed by atoms with Gasteiger partial charge in [0.05, 0.1) is 6.61 Å². The van der Waals surface area contributed by atoms with Crippen molar-refractivity contribution in [2.45, 2.75) is 25.7 Å². The average Bonchev–Trinajstić information content (AvgIpc) is 3.16. The van der Waals surface area contributed by atoms with Gasteiger partial charge in [0, 0.05) is 38.4 Å². The quantitative estimate of drug-likeness (QED) is 0.747. The lowest BCUT2D eigenvalue weighted by Gasteiger charge is -2.36. The molecule has 25 heavy (non-hydrogen) atoms. The van der Waals surface area contributed by atoms with Gasteiger partial charge in [0.2, 0.25) is 0 Å². The van der Waals surface area contributed by atoms with Gasteiger partial charge in [-0.25, -0.2) is 0 Å². The monoisotopic (exact) mass is 336 g/mol. The summed E-state index contributed by atoms with van der Waals surface area (Å²) in [6.07, 6.45) is 4.79. The number of nitrogens with zero attached hydrogens (tertiary/aromatic N) is 2. The van der Waals surface area contributed by atoms with Gasteiger partial charge in [-0.15, -0.1) is 0 Å². The fourth-order valence-corrected chi connectivity index (χ4v) is 4.06. The third kappa shape index (κ3) is 3.98. The molecule has 0 spiro atoms. The second-order valence-electron chi connectivity index (χ2n) is 7.11. The van der Waals surface area contributed by atoms with Crippen molar-refractivity contribution in [2.75, 3.05) is 44.2 Å². The first-order valence-corrected chi connectivity index (χ1v) is 9.66. The number of ether oxygens (including phenoxy) is 1. The number of anilines is 1. The Morgan fingerprint density at radius 1 is 0.840 bits per heavy atom. The van der Waals surface area contributed by atoms with Crippen molar-refractivity contribution in [3.8, 4) is 5.75 Å². The van der Waals surface area contributed by atoms with E-state index in [1.807, 2.05) is 0 Å². The fraction of sp³-hybridized carbons (Fsp3) is 0.455. The minimum Gasteiger partial charge on any atom is -0.493 e. The molecule has 1 heterocycles. The fourth-order valence-electron chi connectivity index (χ4n) is 4.06. The number of benzene rings is 2. The van der Waals surface area contributed by atoms with Crippen LogP contribution in [0.1, 0.15) is 24.0 Å². The Morgan fingerprint density at radius 3 is 2.52 bits per heavy atom. The molecule has 0 amide bonds. The molecule has 2 aromatic rings. The van der Waals surface area contributed by atoms with Crippen LogP contribution in [-0.4, -0.2) is 44.2 Å². The predicted molar refractivity (Wildman–Crippen MR) is 104 cm³/mol. The summed E-state index contributed by atoms with van der Waals surface area (Å²) in [6, 6.07) is 17.3. The Morgan fingerprint density at radius 2 is 1.68 bits per heavy atom. The van der Waals surface area contributed by atoms with Gasteiger partial charge < -0.3 is 9.64 Å². The molecular weight excluding hydrogens is 308 g/mol. The highest BCUT2D eigenvalue weighted by Gasteiger charge is 2.17. The number of para-hydroxylation sites is 1. The van der Waals surface area contributed by atoms with Crippen molar-refractivity contribution in [3.63, 3.8) is 0 Å². The maximum atomic E-state index is 6.09. The van der Waals surface area contributed by atoms with E-state index in [1.165, 1.54) is 36.1 Å². The van der Waals surface area contributed by atoms with E-state index in [9.17, 15) is 0 Å². The summed E-state index contributed by atoms with van der Waals surface area (Å²) in [7, 11) is 0. The van der Waals surface area contributed by atoms with Crippen LogP contribution in [0.15, 0.2) is 48.5 Å². The van der Waals surface area contributed by atoms with Crippen LogP contribution < -0.4 is 9.64 Å². The molecule has 0 bridgehead atoms. The van der Waals surface area contributed by atoms with E-state index in [4.69, 9.17) is 4.74 Å². The zero-order valence-electron chi connectivity index (χ0n) is 15.0. The van der Waals surface area contributed by atoms with Gasteiger partial charge >= 0.3 is 0 Å². The van der Waals surface area contributed by atoms with E-state index < -0.39 is 0 Å². The lowest BCUT2D eigenvalue weighted by Crippen LogP contribution is -2.46. The largest absolute Gasteiger partial charge is 0.493 e. The summed E-state index contributed by atoms with van der Waals surface area (Å²) in [5, 5.41) is 0. The van der Waals surface area contributed by atoms with Crippen LogP contribution in [0.5, 0.6) is 5.75 Å². The molecular formula is C22H28N2O. The number of hydrogen-bond acceptors (Lipinski definition) is 3. The summed E-state index contributed by atoms with van der Waals surface area (Å²) in [5.41, 5.74) is 4.30. The molecule has 1 fully saturated rings. The SMILES string of the molecule is c1ccc(N2CCN(CCCOc3cccc4c3CCC4)CC2)cc1. The lowest BCUT2D eigenvalue weighted by atomic mass is 10.1. The number of piperazine rings is 1. The summed E-state index contributed by atoms with van der Waals surface area (Å²) < 4.78 is 6.09. The standard InChI is InChI=1S/C22H28N2O/c1-2-9-20(10-3-1)24-16-14-23(15-17-24)13-6-18-25-22-12-5-8-19-7-4-11-21(19)22/h1-3,5,8-10,12H,4,6-7,11,13-18H2. The van der Waals surface area contributed by atoms with E-state index >= 15 is 0 Å². The number of hydrogen-bond donors (Lipinski definition) is 0. The molecule has 0 aromatic heterocycles. The third-order valence-corrected chi connectivity index (χ3v) is 5.47. The van der Waals surface area contributed by atoms with Crippen molar-refractivity contribution in [1.82, 2.24) is 4.90 Å². The van der Waals surface area contributed by atoms with Gasteiger partial charge in [0.25, 0.3) is 0 Å². The highest BCUT2D eigenvalue weighted by Crippen LogP contribution is 2.30. The molecule has 2 aromatic carbocycles. The highest BCUT2D eigenvalue weighted by atomic mass is 16.5. The molecule has 0 saturated carbocycles. The van der Waals surface area contributed by atoms with Gasteiger partial charge in [-0.3, -0.25) is 4.90 Å². The maximum absolute atomic E-state index is 6.09. The van der Waals surface area contributed by atoms with E-state index in [0.29, 0.717) is 0 Å². The van der Waals surface area contributed by atoms with E-state index in [2.05, 4.69) is 58.3 Å². The van der Waals surface area contributed by atoms with Crippen LogP contribution in [0, 0.1) is 0 Å². The number of rotatable bonds is 6. The van der Waals surface area contributed by atoms with Gasteiger partial charge in [0.15, 0.2) is 0 Å². The Hall–Kier alpha value is -2.00. The zero-order chi connectivity index (χ0) is 16.9. The van der Waals surface area contributed by atoms with Gasteiger partial charge in [-0.2, -0.15) is 0 Å². The molecule has 0 N–H and O–H groups in total. The van der Waals surface area contributed by atoms with Crippen LogP contribution in [0.4, 0.5) is 5.69 Å². The highest BCUT2D eigenvalue weighted by molar-refractivity contribution is 5.46. The van der Waals surface area contributed by atoms with E-state index in [0.717, 1.165) is 51.5 Å². The van der Waals surface area contributed by atoms with Crippen molar-refractivity contribution in [2.24, 2.45) is 0 Å². The lowest BCUT2D eigenvalue weighted by molar-refractivity contribution is 0.224. The second kappa shape index (κ2) is 7.92. The molecule has 0 radical (unpaired) electrons. The van der Waals surface area contributed by atoms with Crippen molar-refractivity contribution in [1.29, 1.82) is 0 Å². The van der Waals surface area contributed by atoms with E-state index in [-0.39, 0.29) is 0 Å². The van der Waals surface area contributed by atoms with Crippen LogP contribution in [0.2, 0.25) is 0 Å². The predicted octanol–water partition coefficient (Wildman–Crippen LogP) is 3.77. The Kier molecular flexibility index (Phi) is 5.22. The van der Waals surface area contributed by atoms with Crippen LogP contribution in [0.3, 0.4) is 0 Å². The molecule has 0 unspecified atom stereocenters. The summed E-state index contributed by atoms with van der Waals surface area (Å²) in [4.78, 5) is 5.05. The first kappa shape index (κ1) is 16.5. The molecule has 0 atom stereocenters. The van der Waals surface area contributed by atoms with E-state index in [1.54, 1.807) is 0 Å². The Balaban J connectivity index is 1.19. The molecule has 1 aliphatic carbocycles. The minimum absolute atomic E-state index is 0.829. The topological polar surface area (TPSA) is 15.7 Å². The van der Waals surface area contributed by atoms with Crippen molar-refractivity contribution in [3.05, 3.63) is 59.7 Å². The van der Waals surface area contributed by atoms with Crippen LogP contribution >= 0.6 is 0 Å². The minimum atomic E-state index is 0.829. The summed E-state index contributed by atoms with van der Waals surface area (Å²) >= 11 is 0. The smallest absolute Gasteiger partial charge is 0.122 e. The Labute approximate surface area is 151 Å². The molecule has 4 rings (SSSR count). The van der Waals surface area contributed by atoms with Crippen LogP contribution in [-0.2, 0) is 12.8 Å². The van der Waals surface area contributed by atoms with Crippen molar-refractivity contribution >= 4 is 5.69 Å². The van der Waals surface area contributed by atoms with Gasteiger partial charge in [-0.05, 0) is 55.0 Å². The molecule has 3 heteroatoms. The van der Waals surface area contributed by atoms with Gasteiger partial charge in [0.1, 0.15) is 5.75 Å². The number of aryl methyl sites for hydroxylation is 1. The molecule has 1 aliphatic heterocycles. The second-order valence-corrected chi connectivity index (χ2v) is 7.11. The molecule has 1 saturated heterocycles. The molecule has 2 aliphatic rings. The molecule has 3 nitrogen and oxygen atoms in total. The third-order valence-electron chi connectivity index (χ3n) is 5.47. The first-order chi connectivity index (χ1) is 12.4. The van der Waals surface area contributed by atoms with Crippen molar-refractivity contribution < 1.29 is 4.74 Å². The summed E-state index contributed by atoms with van der Waals surface area (Å²) in [6.45, 7) is 6.51. The Bertz CT molecular complexity index is 678. The van der Waals surface area contributed by atoms with Gasteiger partial charge in [-0.1, -0.05) is 30.3 Å². The first-order valence-electron chi connectivity index (χ1n) is 9.66.